The number of benzene rings is 2. The van der Waals surface area contributed by atoms with Crippen molar-refractivity contribution in [3.63, 3.8) is 0 Å². The Labute approximate surface area is 201 Å². The summed E-state index contributed by atoms with van der Waals surface area (Å²) in [5.41, 5.74) is 6.16. The normalized spacial score (nSPS) is 11.0. The lowest BCUT2D eigenvalue weighted by Gasteiger charge is -2.25. The van der Waals surface area contributed by atoms with Crippen molar-refractivity contribution in [2.45, 2.75) is 18.8 Å². The van der Waals surface area contributed by atoms with Crippen molar-refractivity contribution >= 4 is 34.5 Å². The average molecular weight is 486 g/mol. The lowest BCUT2D eigenvalue weighted by atomic mass is 10.1. The van der Waals surface area contributed by atoms with Gasteiger partial charge in [-0.15, -0.1) is 0 Å². The molecule has 0 aliphatic rings. The summed E-state index contributed by atoms with van der Waals surface area (Å²) in [7, 11) is 3.95. The second kappa shape index (κ2) is 11.5. The van der Waals surface area contributed by atoms with Crippen LogP contribution in [-0.2, 0) is 18.8 Å². The van der Waals surface area contributed by atoms with Gasteiger partial charge in [-0.3, -0.25) is 20.2 Å². The van der Waals surface area contributed by atoms with Gasteiger partial charge < -0.3 is 20.0 Å². The number of nitrogen functional groups attached to an aromatic ring is 1. The third-order valence-electron chi connectivity index (χ3n) is 5.01. The van der Waals surface area contributed by atoms with Crippen molar-refractivity contribution in [2.24, 2.45) is 0 Å². The molecule has 0 saturated carbocycles. The predicted octanol–water partition coefficient (Wildman–Crippen LogP) is 4.68. The number of rotatable bonds is 12. The molecule has 0 radical (unpaired) electrons. The lowest BCUT2D eigenvalue weighted by molar-refractivity contribution is -0.393. The molecule has 3 aromatic rings. The molecule has 0 fully saturated rings. The highest BCUT2D eigenvalue weighted by Gasteiger charge is 2.26. The number of nitro benzene ring substituents is 2. The zero-order valence-electron chi connectivity index (χ0n) is 19.0. The molecule has 0 bridgehead atoms. The SMILES string of the molecule is CN(C)Cc1ccc(CSCCN(Cc2ccccc2)c2cc(N)c([N+](=O)[O-])cc2[N+](=O)[O-])o1. The van der Waals surface area contributed by atoms with Crippen molar-refractivity contribution < 1.29 is 14.3 Å². The fraction of sp³-hybridized carbons (Fsp3) is 0.304. The number of nitrogens with zero attached hydrogens (tertiary/aromatic N) is 4. The first-order valence-corrected chi connectivity index (χ1v) is 11.7. The smallest absolute Gasteiger partial charge is 0.299 e. The van der Waals surface area contributed by atoms with Crippen LogP contribution in [0.25, 0.3) is 0 Å². The Bertz CT molecular complexity index is 1140. The van der Waals surface area contributed by atoms with E-state index in [1.807, 2.05) is 66.4 Å². The van der Waals surface area contributed by atoms with E-state index >= 15 is 0 Å². The molecule has 0 aliphatic heterocycles. The van der Waals surface area contributed by atoms with E-state index in [2.05, 4.69) is 0 Å². The first kappa shape index (κ1) is 25.1. The van der Waals surface area contributed by atoms with Crippen molar-refractivity contribution in [1.82, 2.24) is 4.90 Å². The maximum atomic E-state index is 11.8. The van der Waals surface area contributed by atoms with E-state index in [-0.39, 0.29) is 17.1 Å². The van der Waals surface area contributed by atoms with E-state index in [0.29, 0.717) is 24.6 Å². The molecule has 180 valence electrons. The van der Waals surface area contributed by atoms with Crippen LogP contribution in [0, 0.1) is 20.2 Å². The third kappa shape index (κ3) is 6.72. The summed E-state index contributed by atoms with van der Waals surface area (Å²) in [6.07, 6.45) is 0. The van der Waals surface area contributed by atoms with Gasteiger partial charge in [-0.2, -0.15) is 11.8 Å². The molecule has 11 heteroatoms. The van der Waals surface area contributed by atoms with Gasteiger partial charge in [0.25, 0.3) is 11.4 Å². The minimum absolute atomic E-state index is 0.111. The van der Waals surface area contributed by atoms with Crippen molar-refractivity contribution in [3.05, 3.63) is 91.9 Å². The summed E-state index contributed by atoms with van der Waals surface area (Å²) >= 11 is 1.64. The van der Waals surface area contributed by atoms with Gasteiger partial charge in [0, 0.05) is 18.8 Å². The largest absolute Gasteiger partial charge is 0.464 e. The number of hydrogen-bond acceptors (Lipinski definition) is 9. The summed E-state index contributed by atoms with van der Waals surface area (Å²) < 4.78 is 5.84. The predicted molar refractivity (Wildman–Crippen MR) is 134 cm³/mol. The fourth-order valence-corrected chi connectivity index (χ4v) is 4.32. The maximum absolute atomic E-state index is 11.8. The number of anilines is 2. The van der Waals surface area contributed by atoms with E-state index in [9.17, 15) is 20.2 Å². The molecule has 0 unspecified atom stereocenters. The Hall–Kier alpha value is -3.57. The van der Waals surface area contributed by atoms with Gasteiger partial charge in [0.1, 0.15) is 22.9 Å². The summed E-state index contributed by atoms with van der Waals surface area (Å²) in [5, 5.41) is 23.0. The second-order valence-corrected chi connectivity index (χ2v) is 9.08. The lowest BCUT2D eigenvalue weighted by Crippen LogP contribution is -2.26. The van der Waals surface area contributed by atoms with Gasteiger partial charge in [0.15, 0.2) is 0 Å². The van der Waals surface area contributed by atoms with Gasteiger partial charge in [-0.1, -0.05) is 30.3 Å². The Morgan fingerprint density at radius 2 is 1.62 bits per heavy atom. The van der Waals surface area contributed by atoms with Crippen LogP contribution in [0.5, 0.6) is 0 Å². The van der Waals surface area contributed by atoms with Gasteiger partial charge in [-0.05, 0) is 37.9 Å². The second-order valence-electron chi connectivity index (χ2n) is 7.98. The molecule has 3 rings (SSSR count). The van der Waals surface area contributed by atoms with Gasteiger partial charge in [-0.25, -0.2) is 0 Å². The van der Waals surface area contributed by atoms with Crippen LogP contribution in [-0.4, -0.2) is 41.1 Å². The van der Waals surface area contributed by atoms with Gasteiger partial charge in [0.2, 0.25) is 0 Å². The standard InChI is InChI=1S/C23H27N5O5S/c1-25(2)15-18-8-9-19(33-18)16-34-11-10-26(14-17-6-4-3-5-7-17)22-12-20(24)21(27(29)30)13-23(22)28(31)32/h3-9,12-13H,10-11,14-16,24H2,1-2H3. The van der Waals surface area contributed by atoms with Crippen molar-refractivity contribution in [3.8, 4) is 0 Å². The highest BCUT2D eigenvalue weighted by molar-refractivity contribution is 7.98. The first-order valence-electron chi connectivity index (χ1n) is 10.6. The van der Waals surface area contributed by atoms with Crippen LogP contribution < -0.4 is 10.6 Å². The van der Waals surface area contributed by atoms with Crippen LogP contribution in [0.3, 0.4) is 0 Å². The first-order chi connectivity index (χ1) is 16.2. The Balaban J connectivity index is 1.78. The Morgan fingerprint density at radius 3 is 2.26 bits per heavy atom. The number of thioether (sulfide) groups is 1. The summed E-state index contributed by atoms with van der Waals surface area (Å²) in [4.78, 5) is 25.5. The van der Waals surface area contributed by atoms with Crippen molar-refractivity contribution in [2.75, 3.05) is 37.0 Å². The van der Waals surface area contributed by atoms with E-state index in [1.54, 1.807) is 11.8 Å². The highest BCUT2D eigenvalue weighted by Crippen LogP contribution is 2.37. The molecule has 34 heavy (non-hydrogen) atoms. The molecule has 0 atom stereocenters. The number of furan rings is 1. The van der Waals surface area contributed by atoms with E-state index in [4.69, 9.17) is 10.2 Å². The number of nitro groups is 2. The van der Waals surface area contributed by atoms with Crippen LogP contribution in [0.15, 0.2) is 59.0 Å². The maximum Gasteiger partial charge on any atom is 0.299 e. The molecule has 0 spiro atoms. The van der Waals surface area contributed by atoms with E-state index < -0.39 is 15.5 Å². The van der Waals surface area contributed by atoms with Crippen molar-refractivity contribution in [1.29, 1.82) is 0 Å². The molecular weight excluding hydrogens is 458 g/mol. The minimum atomic E-state index is -0.711. The third-order valence-corrected chi connectivity index (χ3v) is 5.97. The molecule has 0 aliphatic carbocycles. The Morgan fingerprint density at radius 1 is 0.941 bits per heavy atom. The zero-order chi connectivity index (χ0) is 24.7. The monoisotopic (exact) mass is 485 g/mol. The molecule has 1 aromatic heterocycles. The van der Waals surface area contributed by atoms with Crippen LogP contribution in [0.4, 0.5) is 22.7 Å². The molecular formula is C23H27N5O5S. The zero-order valence-corrected chi connectivity index (χ0v) is 19.9. The van der Waals surface area contributed by atoms with E-state index in [0.717, 1.165) is 29.7 Å². The van der Waals surface area contributed by atoms with Crippen LogP contribution >= 0.6 is 11.8 Å². The number of hydrogen-bond donors (Lipinski definition) is 1. The van der Waals surface area contributed by atoms with Gasteiger partial charge in [0.05, 0.1) is 28.2 Å². The summed E-state index contributed by atoms with van der Waals surface area (Å²) in [6.45, 7) is 1.59. The summed E-state index contributed by atoms with van der Waals surface area (Å²) in [6, 6.07) is 15.7. The Kier molecular flexibility index (Phi) is 8.50. The average Bonchev–Trinajstić information content (AvgIpc) is 3.22. The van der Waals surface area contributed by atoms with Crippen LogP contribution in [0.1, 0.15) is 17.1 Å². The molecule has 2 aromatic carbocycles. The highest BCUT2D eigenvalue weighted by atomic mass is 32.2. The minimum Gasteiger partial charge on any atom is -0.464 e. The molecule has 0 saturated heterocycles. The number of nitrogens with two attached hydrogens (primary N) is 1. The molecule has 10 nitrogen and oxygen atoms in total. The topological polar surface area (TPSA) is 132 Å². The summed E-state index contributed by atoms with van der Waals surface area (Å²) in [5.74, 6) is 3.08. The quantitative estimate of drug-likeness (QED) is 0.168. The van der Waals surface area contributed by atoms with E-state index in [1.165, 1.54) is 6.07 Å². The molecule has 2 N–H and O–H groups in total. The van der Waals surface area contributed by atoms with Crippen LogP contribution in [0.2, 0.25) is 0 Å². The molecule has 1 heterocycles. The molecule has 0 amide bonds. The van der Waals surface area contributed by atoms with Gasteiger partial charge >= 0.3 is 0 Å². The fourth-order valence-electron chi connectivity index (χ4n) is 3.47.